The molecular formula is C14H11ClN4O4. The minimum Gasteiger partial charge on any atom is -0.451 e. The lowest BCUT2D eigenvalue weighted by molar-refractivity contribution is -0.137. The molecule has 2 heterocycles. The molecule has 9 heteroatoms. The Kier molecular flexibility index (Phi) is 4.33. The summed E-state index contributed by atoms with van der Waals surface area (Å²) in [5.74, 6) is -0.332. The second-order valence-corrected chi connectivity index (χ2v) is 5.12. The van der Waals surface area contributed by atoms with Crippen molar-refractivity contribution >= 4 is 29.2 Å². The third-order valence-electron chi connectivity index (χ3n) is 3.04. The predicted molar refractivity (Wildman–Crippen MR) is 79.4 cm³/mol. The van der Waals surface area contributed by atoms with E-state index in [0.29, 0.717) is 10.8 Å². The highest BCUT2D eigenvalue weighted by molar-refractivity contribution is 6.37. The number of esters is 1. The minimum atomic E-state index is -0.628. The van der Waals surface area contributed by atoms with Gasteiger partial charge in [-0.05, 0) is 24.3 Å². The highest BCUT2D eigenvalue weighted by Gasteiger charge is 2.20. The van der Waals surface area contributed by atoms with Gasteiger partial charge in [0.15, 0.2) is 6.61 Å². The van der Waals surface area contributed by atoms with Gasteiger partial charge in [0.2, 0.25) is 11.7 Å². The fraction of sp³-hybridized carbons (Fsp3) is 0.214. The lowest BCUT2D eigenvalue weighted by atomic mass is 10.2. The number of carbonyl (C=O) groups is 2. The van der Waals surface area contributed by atoms with Crippen LogP contribution in [-0.4, -0.2) is 27.7 Å². The van der Waals surface area contributed by atoms with Gasteiger partial charge in [-0.2, -0.15) is 10.1 Å². The molecule has 1 N–H and O–H groups in total. The molecular weight excluding hydrogens is 324 g/mol. The molecule has 8 nitrogen and oxygen atoms in total. The van der Waals surface area contributed by atoms with Gasteiger partial charge in [0.05, 0.1) is 0 Å². The first-order valence-corrected chi connectivity index (χ1v) is 7.10. The van der Waals surface area contributed by atoms with Gasteiger partial charge in [-0.25, -0.2) is 10.2 Å². The smallest absolute Gasteiger partial charge is 0.355 e. The number of hydrazone groups is 1. The van der Waals surface area contributed by atoms with Crippen LogP contribution in [0.15, 0.2) is 33.9 Å². The summed E-state index contributed by atoms with van der Waals surface area (Å²) < 4.78 is 10.1. The molecule has 0 atom stereocenters. The number of benzene rings is 1. The van der Waals surface area contributed by atoms with E-state index in [4.69, 9.17) is 20.9 Å². The Morgan fingerprint density at radius 1 is 1.30 bits per heavy atom. The Balaban J connectivity index is 1.60. The van der Waals surface area contributed by atoms with Crippen molar-refractivity contribution < 1.29 is 18.8 Å². The van der Waals surface area contributed by atoms with Gasteiger partial charge in [-0.3, -0.25) is 4.79 Å². The van der Waals surface area contributed by atoms with Crippen molar-refractivity contribution in [1.82, 2.24) is 15.6 Å². The van der Waals surface area contributed by atoms with Crippen LogP contribution in [0.4, 0.5) is 0 Å². The number of ether oxygens (including phenoxy) is 1. The normalized spacial score (nSPS) is 14.1. The molecule has 0 bridgehead atoms. The zero-order valence-electron chi connectivity index (χ0n) is 11.8. The van der Waals surface area contributed by atoms with Crippen LogP contribution in [0.25, 0.3) is 11.4 Å². The number of hydrogen-bond donors (Lipinski definition) is 1. The van der Waals surface area contributed by atoms with Crippen LogP contribution in [0.1, 0.15) is 18.7 Å². The molecule has 0 saturated heterocycles. The third-order valence-corrected chi connectivity index (χ3v) is 3.29. The van der Waals surface area contributed by atoms with E-state index in [2.05, 4.69) is 20.7 Å². The van der Waals surface area contributed by atoms with Gasteiger partial charge in [-0.1, -0.05) is 16.8 Å². The molecule has 0 unspecified atom stereocenters. The Hall–Kier alpha value is -2.74. The lowest BCUT2D eigenvalue weighted by Gasteiger charge is -2.10. The molecule has 1 aliphatic rings. The topological polar surface area (TPSA) is 107 Å². The molecule has 1 aliphatic heterocycles. The zero-order valence-corrected chi connectivity index (χ0v) is 12.5. The highest BCUT2D eigenvalue weighted by atomic mass is 35.5. The van der Waals surface area contributed by atoms with E-state index in [-0.39, 0.29) is 37.0 Å². The number of hydrogen-bond acceptors (Lipinski definition) is 7. The van der Waals surface area contributed by atoms with Crippen molar-refractivity contribution in [3.05, 3.63) is 35.2 Å². The van der Waals surface area contributed by atoms with Crippen molar-refractivity contribution in [2.24, 2.45) is 5.10 Å². The average molecular weight is 335 g/mol. The maximum Gasteiger partial charge on any atom is 0.355 e. The Morgan fingerprint density at radius 3 is 2.78 bits per heavy atom. The summed E-state index contributed by atoms with van der Waals surface area (Å²) >= 11 is 5.81. The van der Waals surface area contributed by atoms with E-state index in [1.54, 1.807) is 24.3 Å². The van der Waals surface area contributed by atoms with Crippen LogP contribution >= 0.6 is 11.6 Å². The number of rotatable bonds is 4. The SMILES string of the molecule is O=C1CCC(C(=O)OCc2nc(-c3ccc(Cl)cc3)no2)=NN1. The fourth-order valence-electron chi connectivity index (χ4n) is 1.86. The van der Waals surface area contributed by atoms with Crippen molar-refractivity contribution in [2.45, 2.75) is 19.4 Å². The second kappa shape index (κ2) is 6.57. The number of halogens is 1. The maximum atomic E-state index is 11.8. The first-order chi connectivity index (χ1) is 11.1. The van der Waals surface area contributed by atoms with E-state index in [1.165, 1.54) is 0 Å². The largest absolute Gasteiger partial charge is 0.451 e. The van der Waals surface area contributed by atoms with Crippen molar-refractivity contribution in [1.29, 1.82) is 0 Å². The molecule has 1 aromatic carbocycles. The molecule has 0 radical (unpaired) electrons. The van der Waals surface area contributed by atoms with Crippen LogP contribution < -0.4 is 5.43 Å². The molecule has 0 aliphatic carbocycles. The van der Waals surface area contributed by atoms with Crippen LogP contribution in [0, 0.1) is 0 Å². The monoisotopic (exact) mass is 334 g/mol. The second-order valence-electron chi connectivity index (χ2n) is 4.69. The van der Waals surface area contributed by atoms with Crippen LogP contribution in [0.3, 0.4) is 0 Å². The number of amides is 1. The van der Waals surface area contributed by atoms with E-state index in [1.807, 2.05) is 0 Å². The Labute approximate surface area is 135 Å². The standard InChI is InChI=1S/C14H11ClN4O4/c15-9-3-1-8(2-4-9)13-16-12(23-19-13)7-22-14(21)10-5-6-11(20)18-17-10/h1-4H,5-7H2,(H,18,20). The van der Waals surface area contributed by atoms with Crippen LogP contribution in [0.5, 0.6) is 0 Å². The first-order valence-electron chi connectivity index (χ1n) is 6.73. The molecule has 1 aromatic heterocycles. The molecule has 0 fully saturated rings. The molecule has 3 rings (SSSR count). The van der Waals surface area contributed by atoms with E-state index < -0.39 is 5.97 Å². The number of nitrogens with zero attached hydrogens (tertiary/aromatic N) is 3. The van der Waals surface area contributed by atoms with Crippen LogP contribution in [-0.2, 0) is 20.9 Å². The minimum absolute atomic E-state index is 0.155. The predicted octanol–water partition coefficient (Wildman–Crippen LogP) is 1.70. The summed E-state index contributed by atoms with van der Waals surface area (Å²) in [7, 11) is 0. The zero-order chi connectivity index (χ0) is 16.2. The molecule has 0 saturated carbocycles. The molecule has 1 amide bonds. The summed E-state index contributed by atoms with van der Waals surface area (Å²) in [6.07, 6.45) is 0.444. The van der Waals surface area contributed by atoms with Gasteiger partial charge in [-0.15, -0.1) is 0 Å². The summed E-state index contributed by atoms with van der Waals surface area (Å²) in [6, 6.07) is 6.93. The van der Waals surface area contributed by atoms with Gasteiger partial charge < -0.3 is 9.26 Å². The molecule has 118 valence electrons. The molecule has 0 spiro atoms. The third kappa shape index (κ3) is 3.72. The summed E-state index contributed by atoms with van der Waals surface area (Å²) in [5, 5.41) is 8.06. The molecule has 23 heavy (non-hydrogen) atoms. The maximum absolute atomic E-state index is 11.8. The van der Waals surface area contributed by atoms with E-state index in [0.717, 1.165) is 5.56 Å². The average Bonchev–Trinajstić information content (AvgIpc) is 3.03. The van der Waals surface area contributed by atoms with Crippen molar-refractivity contribution in [3.63, 3.8) is 0 Å². The van der Waals surface area contributed by atoms with E-state index >= 15 is 0 Å². The quantitative estimate of drug-likeness (QED) is 0.853. The van der Waals surface area contributed by atoms with Crippen molar-refractivity contribution in [2.75, 3.05) is 0 Å². The summed E-state index contributed by atoms with van der Waals surface area (Å²) in [6.45, 7) is -0.174. The van der Waals surface area contributed by atoms with Gasteiger partial charge in [0.25, 0.3) is 5.89 Å². The highest BCUT2D eigenvalue weighted by Crippen LogP contribution is 2.18. The number of carbonyl (C=O) groups excluding carboxylic acids is 2. The number of nitrogens with one attached hydrogen (secondary N) is 1. The lowest BCUT2D eigenvalue weighted by Crippen LogP contribution is -2.30. The number of aromatic nitrogens is 2. The first kappa shape index (κ1) is 15.2. The van der Waals surface area contributed by atoms with Gasteiger partial charge in [0, 0.05) is 23.4 Å². The van der Waals surface area contributed by atoms with E-state index in [9.17, 15) is 9.59 Å². The summed E-state index contributed by atoms with van der Waals surface area (Å²) in [4.78, 5) is 26.9. The van der Waals surface area contributed by atoms with Gasteiger partial charge in [0.1, 0.15) is 5.71 Å². The fourth-order valence-corrected chi connectivity index (χ4v) is 1.99. The van der Waals surface area contributed by atoms with Crippen molar-refractivity contribution in [3.8, 4) is 11.4 Å². The van der Waals surface area contributed by atoms with Gasteiger partial charge >= 0.3 is 5.97 Å². The Bertz CT molecular complexity index is 769. The van der Waals surface area contributed by atoms with Crippen LogP contribution in [0.2, 0.25) is 5.02 Å². The summed E-state index contributed by atoms with van der Waals surface area (Å²) in [5.41, 5.74) is 3.11. The Morgan fingerprint density at radius 2 is 2.09 bits per heavy atom. The molecule has 2 aromatic rings.